The van der Waals surface area contributed by atoms with Crippen molar-refractivity contribution in [1.82, 2.24) is 4.90 Å². The number of thioether (sulfide) groups is 1. The molecule has 8 nitrogen and oxygen atoms in total. The molecule has 0 N–H and O–H groups in total. The Morgan fingerprint density at radius 1 is 1.03 bits per heavy atom. The van der Waals surface area contributed by atoms with Gasteiger partial charge in [-0.1, -0.05) is 30.3 Å². The number of ether oxygens (including phenoxy) is 1. The zero-order valence-electron chi connectivity index (χ0n) is 20.1. The molecule has 0 atom stereocenters. The second kappa shape index (κ2) is 12.0. The second-order valence-corrected chi connectivity index (χ2v) is 11.1. The normalized spacial score (nSPS) is 15.3. The van der Waals surface area contributed by atoms with Crippen molar-refractivity contribution >= 4 is 72.1 Å². The monoisotopic (exact) mass is 667 g/mol. The number of hydrogen-bond donors (Lipinski definition) is 0. The van der Waals surface area contributed by atoms with E-state index in [1.807, 2.05) is 48.5 Å². The first kappa shape index (κ1) is 26.9. The number of nitrogens with zero attached hydrogens (tertiary/aromatic N) is 3. The number of furan rings is 1. The predicted octanol–water partition coefficient (Wildman–Crippen LogP) is 8.10. The van der Waals surface area contributed by atoms with E-state index >= 15 is 0 Å². The van der Waals surface area contributed by atoms with E-state index in [2.05, 4.69) is 31.9 Å². The number of hydrogen-bond acceptors (Lipinski definition) is 7. The van der Waals surface area contributed by atoms with E-state index < -0.39 is 4.92 Å². The quantitative estimate of drug-likeness (QED) is 0.107. The molecule has 0 aliphatic carbocycles. The first-order chi connectivity index (χ1) is 18.9. The number of carbonyl (C=O) groups excluding carboxylic acids is 1. The Kier molecular flexibility index (Phi) is 8.30. The Labute approximate surface area is 244 Å². The van der Waals surface area contributed by atoms with E-state index in [0.29, 0.717) is 36.1 Å². The standard InChI is InChI=1S/C28H19Br2N3O5S/c29-23-13-19(14-24(30)26(23)38-17-18-6-4-9-21(12-18)33(35)36)15-25-27(34)32(16-22-10-5-11-37-22)28(39-25)31-20-7-2-1-3-8-20/h1-15H,16-17H2/b25-15-,31-28?. The van der Waals surface area contributed by atoms with Crippen LogP contribution in [0.3, 0.4) is 0 Å². The molecule has 0 saturated carbocycles. The van der Waals surface area contributed by atoms with E-state index in [4.69, 9.17) is 14.1 Å². The highest BCUT2D eigenvalue weighted by Crippen LogP contribution is 2.39. The van der Waals surface area contributed by atoms with Crippen LogP contribution in [0.2, 0.25) is 0 Å². The minimum atomic E-state index is -0.439. The van der Waals surface area contributed by atoms with E-state index in [0.717, 1.165) is 11.3 Å². The topological polar surface area (TPSA) is 98.2 Å². The number of nitro benzene ring substituents is 1. The Balaban J connectivity index is 1.39. The maximum atomic E-state index is 13.4. The highest BCUT2D eigenvalue weighted by atomic mass is 79.9. The van der Waals surface area contributed by atoms with Crippen molar-refractivity contribution in [3.05, 3.63) is 126 Å². The van der Waals surface area contributed by atoms with Crippen LogP contribution in [0.1, 0.15) is 16.9 Å². The molecule has 2 heterocycles. The number of nitro groups is 1. The molecule has 0 radical (unpaired) electrons. The molecular formula is C28H19Br2N3O5S. The minimum absolute atomic E-state index is 0.00574. The summed E-state index contributed by atoms with van der Waals surface area (Å²) in [6.07, 6.45) is 3.38. The molecule has 3 aromatic carbocycles. The minimum Gasteiger partial charge on any atom is -0.487 e. The summed E-state index contributed by atoms with van der Waals surface area (Å²) in [5.74, 6) is 1.02. The first-order valence-electron chi connectivity index (χ1n) is 11.6. The number of halogens is 2. The summed E-state index contributed by atoms with van der Waals surface area (Å²) in [6, 6.07) is 23.1. The molecule has 0 bridgehead atoms. The molecule has 1 saturated heterocycles. The van der Waals surface area contributed by atoms with Crippen LogP contribution in [-0.2, 0) is 17.9 Å². The molecule has 5 rings (SSSR count). The van der Waals surface area contributed by atoms with Gasteiger partial charge in [-0.2, -0.15) is 0 Å². The van der Waals surface area contributed by atoms with Crippen LogP contribution >= 0.6 is 43.6 Å². The molecular weight excluding hydrogens is 650 g/mol. The average molecular weight is 669 g/mol. The number of amidine groups is 1. The van der Waals surface area contributed by atoms with Gasteiger partial charge in [0, 0.05) is 12.1 Å². The first-order valence-corrected chi connectivity index (χ1v) is 14.0. The van der Waals surface area contributed by atoms with Crippen LogP contribution < -0.4 is 4.74 Å². The van der Waals surface area contributed by atoms with Crippen LogP contribution in [0.4, 0.5) is 11.4 Å². The molecule has 0 unspecified atom stereocenters. The largest absolute Gasteiger partial charge is 0.487 e. The molecule has 196 valence electrons. The van der Waals surface area contributed by atoms with Crippen LogP contribution in [0.5, 0.6) is 5.75 Å². The van der Waals surface area contributed by atoms with Crippen LogP contribution in [0, 0.1) is 10.1 Å². The zero-order valence-corrected chi connectivity index (χ0v) is 24.1. The van der Waals surface area contributed by atoms with Crippen molar-refractivity contribution in [3.63, 3.8) is 0 Å². The third-order valence-electron chi connectivity index (χ3n) is 5.59. The predicted molar refractivity (Wildman–Crippen MR) is 158 cm³/mol. The van der Waals surface area contributed by atoms with Gasteiger partial charge in [-0.3, -0.25) is 19.8 Å². The molecule has 0 spiro atoms. The van der Waals surface area contributed by atoms with Gasteiger partial charge in [0.2, 0.25) is 0 Å². The van der Waals surface area contributed by atoms with Crippen molar-refractivity contribution in [2.45, 2.75) is 13.2 Å². The van der Waals surface area contributed by atoms with Gasteiger partial charge in [0.05, 0.1) is 37.3 Å². The highest BCUT2D eigenvalue weighted by Gasteiger charge is 2.34. The fraction of sp³-hybridized carbons (Fsp3) is 0.0714. The Morgan fingerprint density at radius 3 is 2.49 bits per heavy atom. The molecule has 1 aromatic heterocycles. The van der Waals surface area contributed by atoms with Gasteiger partial charge in [-0.25, -0.2) is 4.99 Å². The third kappa shape index (κ3) is 6.49. The summed E-state index contributed by atoms with van der Waals surface area (Å²) in [7, 11) is 0. The zero-order chi connectivity index (χ0) is 27.4. The van der Waals surface area contributed by atoms with Gasteiger partial charge in [-0.15, -0.1) is 0 Å². The van der Waals surface area contributed by atoms with Gasteiger partial charge < -0.3 is 9.15 Å². The average Bonchev–Trinajstić information content (AvgIpc) is 3.53. The lowest BCUT2D eigenvalue weighted by Gasteiger charge is -2.13. The highest BCUT2D eigenvalue weighted by molar-refractivity contribution is 9.11. The second-order valence-electron chi connectivity index (χ2n) is 8.34. The van der Waals surface area contributed by atoms with E-state index in [1.165, 1.54) is 23.9 Å². The Morgan fingerprint density at radius 2 is 1.79 bits per heavy atom. The van der Waals surface area contributed by atoms with Crippen molar-refractivity contribution in [1.29, 1.82) is 0 Å². The Hall–Kier alpha value is -3.67. The molecule has 1 aliphatic rings. The summed E-state index contributed by atoms with van der Waals surface area (Å²) < 4.78 is 12.7. The van der Waals surface area contributed by atoms with Gasteiger partial charge in [0.15, 0.2) is 5.17 Å². The summed E-state index contributed by atoms with van der Waals surface area (Å²) in [6.45, 7) is 0.411. The van der Waals surface area contributed by atoms with Crippen LogP contribution in [0.15, 0.2) is 108 Å². The smallest absolute Gasteiger partial charge is 0.269 e. The summed E-state index contributed by atoms with van der Waals surface area (Å²) in [5.41, 5.74) is 2.19. The van der Waals surface area contributed by atoms with E-state index in [-0.39, 0.29) is 24.7 Å². The SMILES string of the molecule is O=C1/C(=C/c2cc(Br)c(OCc3cccc([N+](=O)[O-])c3)c(Br)c2)SC(=Nc2ccccc2)N1Cc1ccco1. The maximum absolute atomic E-state index is 13.4. The van der Waals surface area contributed by atoms with Crippen LogP contribution in [-0.4, -0.2) is 20.9 Å². The van der Waals surface area contributed by atoms with E-state index in [9.17, 15) is 14.9 Å². The number of carbonyl (C=O) groups is 1. The van der Waals surface area contributed by atoms with Gasteiger partial charge >= 0.3 is 0 Å². The fourth-order valence-corrected chi connectivity index (χ4v) is 6.22. The van der Waals surface area contributed by atoms with Crippen LogP contribution in [0.25, 0.3) is 6.08 Å². The van der Waals surface area contributed by atoms with Crippen molar-refractivity contribution in [2.75, 3.05) is 0 Å². The molecule has 1 aliphatic heterocycles. The number of non-ortho nitro benzene ring substituents is 1. The molecule has 4 aromatic rings. The number of para-hydroxylation sites is 1. The lowest BCUT2D eigenvalue weighted by Crippen LogP contribution is -2.28. The van der Waals surface area contributed by atoms with Gasteiger partial charge in [0.25, 0.3) is 11.6 Å². The molecule has 1 amide bonds. The Bertz CT molecular complexity index is 1570. The number of amides is 1. The number of rotatable bonds is 8. The lowest BCUT2D eigenvalue weighted by molar-refractivity contribution is -0.384. The number of benzene rings is 3. The van der Waals surface area contributed by atoms with E-state index in [1.54, 1.807) is 35.4 Å². The molecule has 11 heteroatoms. The number of aliphatic imine (C=N–C) groups is 1. The maximum Gasteiger partial charge on any atom is 0.269 e. The van der Waals surface area contributed by atoms with Gasteiger partial charge in [-0.05, 0) is 97.2 Å². The molecule has 39 heavy (non-hydrogen) atoms. The fourth-order valence-electron chi connectivity index (χ4n) is 3.77. The van der Waals surface area contributed by atoms with Crippen molar-refractivity contribution < 1.29 is 18.9 Å². The molecule has 1 fully saturated rings. The summed E-state index contributed by atoms with van der Waals surface area (Å²) in [5, 5.41) is 11.6. The van der Waals surface area contributed by atoms with Crippen molar-refractivity contribution in [2.24, 2.45) is 4.99 Å². The summed E-state index contributed by atoms with van der Waals surface area (Å²) in [4.78, 5) is 30.9. The van der Waals surface area contributed by atoms with Crippen molar-refractivity contribution in [3.8, 4) is 5.75 Å². The lowest BCUT2D eigenvalue weighted by atomic mass is 10.2. The van der Waals surface area contributed by atoms with Gasteiger partial charge in [0.1, 0.15) is 18.1 Å². The summed E-state index contributed by atoms with van der Waals surface area (Å²) >= 11 is 8.40. The third-order valence-corrected chi connectivity index (χ3v) is 7.77.